The molecule has 2 amide bonds. The monoisotopic (exact) mass is 298 g/mol. The molecule has 1 aromatic carbocycles. The largest absolute Gasteiger partial charge is 0.474 e. The predicted molar refractivity (Wildman–Crippen MR) is 82.7 cm³/mol. The zero-order valence-corrected chi connectivity index (χ0v) is 12.2. The lowest BCUT2D eigenvalue weighted by atomic mass is 10.1. The summed E-state index contributed by atoms with van der Waals surface area (Å²) >= 11 is 0. The number of carbonyl (C=O) groups is 1. The highest BCUT2D eigenvalue weighted by Crippen LogP contribution is 2.17. The van der Waals surface area contributed by atoms with Gasteiger partial charge in [0.15, 0.2) is 0 Å². The van der Waals surface area contributed by atoms with Gasteiger partial charge in [-0.1, -0.05) is 18.2 Å². The van der Waals surface area contributed by atoms with Crippen LogP contribution in [0.2, 0.25) is 0 Å². The lowest BCUT2D eigenvalue weighted by Gasteiger charge is -2.31. The topological polar surface area (TPSA) is 67.4 Å². The summed E-state index contributed by atoms with van der Waals surface area (Å²) in [6.45, 7) is 1.35. The summed E-state index contributed by atoms with van der Waals surface area (Å²) in [7, 11) is 0. The first kappa shape index (κ1) is 14.3. The quantitative estimate of drug-likeness (QED) is 0.945. The first-order chi connectivity index (χ1) is 10.8. The summed E-state index contributed by atoms with van der Waals surface area (Å²) < 4.78 is 5.79. The van der Waals surface area contributed by atoms with Gasteiger partial charge in [-0.3, -0.25) is 0 Å². The van der Waals surface area contributed by atoms with Gasteiger partial charge in [-0.05, 0) is 12.1 Å². The Morgan fingerprint density at radius 2 is 1.95 bits per heavy atom. The number of nitrogens with zero attached hydrogens (tertiary/aromatic N) is 3. The zero-order valence-electron chi connectivity index (χ0n) is 12.2. The molecule has 114 valence electrons. The van der Waals surface area contributed by atoms with Crippen LogP contribution in [0.15, 0.2) is 48.9 Å². The van der Waals surface area contributed by atoms with Gasteiger partial charge in [0.25, 0.3) is 0 Å². The lowest BCUT2D eigenvalue weighted by molar-refractivity contribution is 0.111. The smallest absolute Gasteiger partial charge is 0.321 e. The molecule has 0 aliphatic carbocycles. The van der Waals surface area contributed by atoms with Crippen molar-refractivity contribution in [3.8, 4) is 5.88 Å². The molecule has 0 bridgehead atoms. The third kappa shape index (κ3) is 3.72. The summed E-state index contributed by atoms with van der Waals surface area (Å²) in [6.07, 6.45) is 4.82. The molecule has 6 heteroatoms. The van der Waals surface area contributed by atoms with Crippen LogP contribution in [-0.2, 0) is 0 Å². The zero-order chi connectivity index (χ0) is 15.2. The van der Waals surface area contributed by atoms with Gasteiger partial charge in [0.05, 0.1) is 0 Å². The third-order valence-electron chi connectivity index (χ3n) is 3.60. The SMILES string of the molecule is O=C(Nc1ccccc1)N1CCC(Oc2ccncn2)CC1. The minimum Gasteiger partial charge on any atom is -0.474 e. The molecule has 2 aromatic rings. The minimum atomic E-state index is -0.0633. The highest BCUT2D eigenvalue weighted by molar-refractivity contribution is 5.89. The molecule has 1 aliphatic rings. The molecular formula is C16H18N4O2. The van der Waals surface area contributed by atoms with Gasteiger partial charge in [-0.15, -0.1) is 0 Å². The molecule has 1 saturated heterocycles. The molecule has 1 fully saturated rings. The Morgan fingerprint density at radius 3 is 2.64 bits per heavy atom. The second kappa shape index (κ2) is 6.89. The number of urea groups is 1. The first-order valence-corrected chi connectivity index (χ1v) is 7.35. The van der Waals surface area contributed by atoms with E-state index in [1.54, 1.807) is 12.3 Å². The Bertz CT molecular complexity index is 598. The Hall–Kier alpha value is -2.63. The lowest BCUT2D eigenvalue weighted by Crippen LogP contribution is -2.43. The summed E-state index contributed by atoms with van der Waals surface area (Å²) in [5.41, 5.74) is 0.812. The molecule has 2 heterocycles. The molecule has 0 radical (unpaired) electrons. The molecule has 1 aromatic heterocycles. The molecular weight excluding hydrogens is 280 g/mol. The molecule has 0 unspecified atom stereocenters. The Balaban J connectivity index is 1.48. The van der Waals surface area contributed by atoms with Crippen LogP contribution in [-0.4, -0.2) is 40.1 Å². The van der Waals surface area contributed by atoms with Gasteiger partial charge < -0.3 is 15.0 Å². The van der Waals surface area contributed by atoms with Crippen molar-refractivity contribution in [3.05, 3.63) is 48.9 Å². The minimum absolute atomic E-state index is 0.0633. The average Bonchev–Trinajstić information content (AvgIpc) is 2.57. The number of amides is 2. The Morgan fingerprint density at radius 1 is 1.18 bits per heavy atom. The van der Waals surface area contributed by atoms with Crippen LogP contribution in [0.25, 0.3) is 0 Å². The molecule has 1 N–H and O–H groups in total. The van der Waals surface area contributed by atoms with Crippen molar-refractivity contribution in [2.45, 2.75) is 18.9 Å². The molecule has 3 rings (SSSR count). The van der Waals surface area contributed by atoms with Crippen LogP contribution in [0.5, 0.6) is 5.88 Å². The summed E-state index contributed by atoms with van der Waals surface area (Å²) in [4.78, 5) is 21.9. The van der Waals surface area contributed by atoms with Crippen molar-refractivity contribution >= 4 is 11.7 Å². The number of nitrogens with one attached hydrogen (secondary N) is 1. The molecule has 1 aliphatic heterocycles. The standard InChI is InChI=1S/C16H18N4O2/c21-16(19-13-4-2-1-3-5-13)20-10-7-14(8-11-20)22-15-6-9-17-12-18-15/h1-6,9,12,14H,7-8,10-11H2,(H,19,21). The third-order valence-corrected chi connectivity index (χ3v) is 3.60. The van der Waals surface area contributed by atoms with Gasteiger partial charge in [0.1, 0.15) is 12.4 Å². The van der Waals surface area contributed by atoms with E-state index < -0.39 is 0 Å². The van der Waals surface area contributed by atoms with E-state index in [1.165, 1.54) is 6.33 Å². The number of anilines is 1. The van der Waals surface area contributed by atoms with E-state index in [4.69, 9.17) is 4.74 Å². The number of hydrogen-bond donors (Lipinski definition) is 1. The van der Waals surface area contributed by atoms with E-state index in [-0.39, 0.29) is 12.1 Å². The first-order valence-electron chi connectivity index (χ1n) is 7.35. The number of para-hydroxylation sites is 1. The van der Waals surface area contributed by atoms with E-state index in [9.17, 15) is 4.79 Å². The van der Waals surface area contributed by atoms with Crippen LogP contribution in [0.4, 0.5) is 10.5 Å². The van der Waals surface area contributed by atoms with Gasteiger partial charge in [-0.2, -0.15) is 0 Å². The van der Waals surface area contributed by atoms with Crippen molar-refractivity contribution in [1.29, 1.82) is 0 Å². The number of carbonyl (C=O) groups excluding carboxylic acids is 1. The number of likely N-dealkylation sites (tertiary alicyclic amines) is 1. The molecule has 22 heavy (non-hydrogen) atoms. The second-order valence-corrected chi connectivity index (χ2v) is 5.15. The molecule has 0 atom stereocenters. The number of piperidine rings is 1. The summed E-state index contributed by atoms with van der Waals surface area (Å²) in [5.74, 6) is 0.585. The second-order valence-electron chi connectivity index (χ2n) is 5.15. The molecule has 6 nitrogen and oxygen atoms in total. The van der Waals surface area contributed by atoms with Crippen molar-refractivity contribution < 1.29 is 9.53 Å². The van der Waals surface area contributed by atoms with Gasteiger partial charge in [0, 0.05) is 43.9 Å². The number of ether oxygens (including phenoxy) is 1. The van der Waals surface area contributed by atoms with Crippen molar-refractivity contribution in [1.82, 2.24) is 14.9 Å². The van der Waals surface area contributed by atoms with Crippen LogP contribution < -0.4 is 10.1 Å². The van der Waals surface area contributed by atoms with E-state index >= 15 is 0 Å². The fraction of sp³-hybridized carbons (Fsp3) is 0.312. The maximum atomic E-state index is 12.2. The number of rotatable bonds is 3. The average molecular weight is 298 g/mol. The normalized spacial score (nSPS) is 15.4. The molecule has 0 saturated carbocycles. The number of aromatic nitrogens is 2. The van der Waals surface area contributed by atoms with Crippen molar-refractivity contribution in [3.63, 3.8) is 0 Å². The fourth-order valence-corrected chi connectivity index (χ4v) is 2.42. The Labute approximate surface area is 129 Å². The highest BCUT2D eigenvalue weighted by Gasteiger charge is 2.24. The van der Waals surface area contributed by atoms with E-state index in [0.29, 0.717) is 19.0 Å². The summed E-state index contributed by atoms with van der Waals surface area (Å²) in [6, 6.07) is 11.2. The van der Waals surface area contributed by atoms with Crippen LogP contribution in [0, 0.1) is 0 Å². The van der Waals surface area contributed by atoms with Gasteiger partial charge in [0.2, 0.25) is 5.88 Å². The Kier molecular flexibility index (Phi) is 4.48. The molecule has 0 spiro atoms. The number of hydrogen-bond acceptors (Lipinski definition) is 4. The number of benzene rings is 1. The predicted octanol–water partition coefficient (Wildman–Crippen LogP) is 2.55. The summed E-state index contributed by atoms with van der Waals surface area (Å²) in [5, 5.41) is 2.90. The van der Waals surface area contributed by atoms with E-state index in [1.807, 2.05) is 35.2 Å². The highest BCUT2D eigenvalue weighted by atomic mass is 16.5. The maximum absolute atomic E-state index is 12.2. The van der Waals surface area contributed by atoms with E-state index in [0.717, 1.165) is 18.5 Å². The fourth-order valence-electron chi connectivity index (χ4n) is 2.42. The van der Waals surface area contributed by atoms with Crippen LogP contribution >= 0.6 is 0 Å². The van der Waals surface area contributed by atoms with E-state index in [2.05, 4.69) is 15.3 Å². The maximum Gasteiger partial charge on any atom is 0.321 e. The van der Waals surface area contributed by atoms with Crippen LogP contribution in [0.3, 0.4) is 0 Å². The van der Waals surface area contributed by atoms with Crippen molar-refractivity contribution in [2.75, 3.05) is 18.4 Å². The van der Waals surface area contributed by atoms with Crippen molar-refractivity contribution in [2.24, 2.45) is 0 Å². The van der Waals surface area contributed by atoms with Gasteiger partial charge in [-0.25, -0.2) is 14.8 Å². The van der Waals surface area contributed by atoms with Gasteiger partial charge >= 0.3 is 6.03 Å². The van der Waals surface area contributed by atoms with Crippen LogP contribution in [0.1, 0.15) is 12.8 Å².